The van der Waals surface area contributed by atoms with Gasteiger partial charge < -0.3 is 14.9 Å². The lowest BCUT2D eigenvalue weighted by Gasteiger charge is -2.34. The smallest absolute Gasteiger partial charge is 0.356 e. The lowest BCUT2D eigenvalue weighted by molar-refractivity contribution is 0.0690. The van der Waals surface area contributed by atoms with Crippen molar-refractivity contribution in [2.75, 3.05) is 31.6 Å². The van der Waals surface area contributed by atoms with Gasteiger partial charge in [0.25, 0.3) is 0 Å². The molecule has 0 unspecified atom stereocenters. The molecular formula is C19H24N4O2. The van der Waals surface area contributed by atoms with Gasteiger partial charge in [0.1, 0.15) is 5.82 Å². The van der Waals surface area contributed by atoms with Crippen LogP contribution in [0, 0.1) is 5.92 Å². The van der Waals surface area contributed by atoms with Crippen molar-refractivity contribution in [2.45, 2.75) is 19.4 Å². The summed E-state index contributed by atoms with van der Waals surface area (Å²) in [7, 11) is 2.18. The molecule has 1 aliphatic rings. The van der Waals surface area contributed by atoms with Crippen molar-refractivity contribution in [3.8, 4) is 0 Å². The SMILES string of the molecule is CN(Cc1ccccc1)CC1CCN(c2cnc(C(=O)O)cn2)CC1. The Labute approximate surface area is 148 Å². The van der Waals surface area contributed by atoms with Crippen LogP contribution in [0.4, 0.5) is 5.82 Å². The first-order valence-electron chi connectivity index (χ1n) is 8.64. The van der Waals surface area contributed by atoms with E-state index in [1.54, 1.807) is 6.20 Å². The summed E-state index contributed by atoms with van der Waals surface area (Å²) in [5.74, 6) is 0.400. The van der Waals surface area contributed by atoms with E-state index in [0.29, 0.717) is 5.92 Å². The van der Waals surface area contributed by atoms with Crippen LogP contribution in [-0.4, -0.2) is 52.6 Å². The van der Waals surface area contributed by atoms with E-state index in [-0.39, 0.29) is 5.69 Å². The standard InChI is InChI=1S/C19H24N4O2/c1-22(13-15-5-3-2-4-6-15)14-16-7-9-23(10-8-16)18-12-20-17(11-21-18)19(24)25/h2-6,11-12,16H,7-10,13-14H2,1H3,(H,24,25). The Balaban J connectivity index is 1.47. The van der Waals surface area contributed by atoms with Gasteiger partial charge in [-0.2, -0.15) is 0 Å². The summed E-state index contributed by atoms with van der Waals surface area (Å²) in [6.07, 6.45) is 5.12. The van der Waals surface area contributed by atoms with Crippen molar-refractivity contribution < 1.29 is 9.90 Å². The predicted molar refractivity (Wildman–Crippen MR) is 96.7 cm³/mol. The molecule has 6 heteroatoms. The molecule has 0 aliphatic carbocycles. The quantitative estimate of drug-likeness (QED) is 0.871. The van der Waals surface area contributed by atoms with Crippen LogP contribution in [-0.2, 0) is 6.54 Å². The number of aromatic carboxylic acids is 1. The summed E-state index contributed by atoms with van der Waals surface area (Å²) in [4.78, 5) is 23.6. The Kier molecular flexibility index (Phi) is 5.60. The van der Waals surface area contributed by atoms with Gasteiger partial charge in [-0.3, -0.25) is 0 Å². The number of benzene rings is 1. The van der Waals surface area contributed by atoms with Crippen molar-refractivity contribution >= 4 is 11.8 Å². The van der Waals surface area contributed by atoms with E-state index in [2.05, 4.69) is 51.1 Å². The van der Waals surface area contributed by atoms with Gasteiger partial charge >= 0.3 is 5.97 Å². The number of rotatable bonds is 6. The highest BCUT2D eigenvalue weighted by Gasteiger charge is 2.21. The van der Waals surface area contributed by atoms with Crippen LogP contribution in [0.1, 0.15) is 28.9 Å². The average Bonchev–Trinajstić information content (AvgIpc) is 2.63. The third kappa shape index (κ3) is 4.76. The van der Waals surface area contributed by atoms with Gasteiger partial charge in [-0.15, -0.1) is 0 Å². The summed E-state index contributed by atoms with van der Waals surface area (Å²) in [5.41, 5.74) is 1.33. The largest absolute Gasteiger partial charge is 0.476 e. The number of nitrogens with zero attached hydrogens (tertiary/aromatic N) is 4. The van der Waals surface area contributed by atoms with Crippen LogP contribution in [0.15, 0.2) is 42.7 Å². The number of carbonyl (C=O) groups is 1. The van der Waals surface area contributed by atoms with Crippen molar-refractivity contribution in [1.29, 1.82) is 0 Å². The minimum atomic E-state index is -1.04. The fourth-order valence-corrected chi connectivity index (χ4v) is 3.34. The molecule has 1 N–H and O–H groups in total. The molecule has 1 saturated heterocycles. The van der Waals surface area contributed by atoms with Crippen LogP contribution >= 0.6 is 0 Å². The summed E-state index contributed by atoms with van der Waals surface area (Å²) < 4.78 is 0. The average molecular weight is 340 g/mol. The molecule has 0 bridgehead atoms. The molecule has 0 amide bonds. The number of carboxylic acid groups (broad SMARTS) is 1. The van der Waals surface area contributed by atoms with E-state index in [9.17, 15) is 4.79 Å². The Morgan fingerprint density at radius 1 is 1.20 bits per heavy atom. The van der Waals surface area contributed by atoms with E-state index >= 15 is 0 Å². The molecule has 1 aliphatic heterocycles. The molecule has 3 rings (SSSR count). The van der Waals surface area contributed by atoms with E-state index in [1.807, 2.05) is 6.07 Å². The summed E-state index contributed by atoms with van der Waals surface area (Å²) in [6, 6.07) is 10.5. The minimum Gasteiger partial charge on any atom is -0.476 e. The topological polar surface area (TPSA) is 69.6 Å². The second-order valence-electron chi connectivity index (χ2n) is 6.68. The number of aromatic nitrogens is 2. The van der Waals surface area contributed by atoms with Gasteiger partial charge in [0.2, 0.25) is 0 Å². The van der Waals surface area contributed by atoms with Crippen molar-refractivity contribution in [1.82, 2.24) is 14.9 Å². The van der Waals surface area contributed by atoms with Gasteiger partial charge in [0.05, 0.1) is 12.4 Å². The lowest BCUT2D eigenvalue weighted by Crippen LogP contribution is -2.38. The summed E-state index contributed by atoms with van der Waals surface area (Å²) >= 11 is 0. The number of anilines is 1. The van der Waals surface area contributed by atoms with Gasteiger partial charge in [0.15, 0.2) is 5.69 Å². The molecule has 1 aromatic carbocycles. The molecule has 1 fully saturated rings. The molecule has 0 atom stereocenters. The highest BCUT2D eigenvalue weighted by Crippen LogP contribution is 2.22. The molecule has 0 saturated carbocycles. The zero-order valence-electron chi connectivity index (χ0n) is 14.5. The number of hydrogen-bond donors (Lipinski definition) is 1. The first-order valence-corrected chi connectivity index (χ1v) is 8.64. The summed E-state index contributed by atoms with van der Waals surface area (Å²) in [6.45, 7) is 3.94. The van der Waals surface area contributed by atoms with Crippen molar-refractivity contribution in [3.63, 3.8) is 0 Å². The second-order valence-corrected chi connectivity index (χ2v) is 6.68. The highest BCUT2D eigenvalue weighted by molar-refractivity contribution is 5.84. The minimum absolute atomic E-state index is 0.0128. The van der Waals surface area contributed by atoms with E-state index < -0.39 is 5.97 Å². The predicted octanol–water partition coefficient (Wildman–Crippen LogP) is 2.52. The van der Waals surface area contributed by atoms with Crippen molar-refractivity contribution in [3.05, 3.63) is 54.0 Å². The zero-order chi connectivity index (χ0) is 17.6. The normalized spacial score (nSPS) is 15.5. The third-order valence-corrected chi connectivity index (χ3v) is 4.66. The molecular weight excluding hydrogens is 316 g/mol. The maximum absolute atomic E-state index is 10.8. The third-order valence-electron chi connectivity index (χ3n) is 4.66. The maximum atomic E-state index is 10.8. The zero-order valence-corrected chi connectivity index (χ0v) is 14.5. The van der Waals surface area contributed by atoms with Gasteiger partial charge in [-0.05, 0) is 31.4 Å². The molecule has 25 heavy (non-hydrogen) atoms. The molecule has 0 radical (unpaired) electrons. The Morgan fingerprint density at radius 3 is 2.52 bits per heavy atom. The fraction of sp³-hybridized carbons (Fsp3) is 0.421. The highest BCUT2D eigenvalue weighted by atomic mass is 16.4. The van der Waals surface area contributed by atoms with Gasteiger partial charge in [0, 0.05) is 26.2 Å². The monoisotopic (exact) mass is 340 g/mol. The summed E-state index contributed by atoms with van der Waals surface area (Å²) in [5, 5.41) is 8.89. The molecule has 132 valence electrons. The molecule has 2 aromatic rings. The van der Waals surface area contributed by atoms with Gasteiger partial charge in [-0.25, -0.2) is 14.8 Å². The molecule has 0 spiro atoms. The second kappa shape index (κ2) is 8.07. The number of hydrogen-bond acceptors (Lipinski definition) is 5. The molecule has 6 nitrogen and oxygen atoms in total. The molecule has 2 heterocycles. The van der Waals surface area contributed by atoms with E-state index in [0.717, 1.165) is 44.8 Å². The maximum Gasteiger partial charge on any atom is 0.356 e. The Bertz CT molecular complexity index is 682. The van der Waals surface area contributed by atoms with Crippen LogP contribution in [0.25, 0.3) is 0 Å². The van der Waals surface area contributed by atoms with Crippen LogP contribution in [0.2, 0.25) is 0 Å². The van der Waals surface area contributed by atoms with Crippen LogP contribution in [0.3, 0.4) is 0 Å². The van der Waals surface area contributed by atoms with E-state index in [4.69, 9.17) is 5.11 Å². The Hall–Kier alpha value is -2.47. The number of carboxylic acids is 1. The first-order chi connectivity index (χ1) is 12.1. The number of piperidine rings is 1. The van der Waals surface area contributed by atoms with Gasteiger partial charge in [-0.1, -0.05) is 30.3 Å². The lowest BCUT2D eigenvalue weighted by atomic mass is 9.96. The van der Waals surface area contributed by atoms with E-state index in [1.165, 1.54) is 11.8 Å². The fourth-order valence-electron chi connectivity index (χ4n) is 3.34. The molecule has 1 aromatic heterocycles. The van der Waals surface area contributed by atoms with Crippen molar-refractivity contribution in [2.24, 2.45) is 5.92 Å². The van der Waals surface area contributed by atoms with Crippen LogP contribution < -0.4 is 4.90 Å². The van der Waals surface area contributed by atoms with Crippen LogP contribution in [0.5, 0.6) is 0 Å². The first kappa shape index (κ1) is 17.4. The Morgan fingerprint density at radius 2 is 1.92 bits per heavy atom.